The highest BCUT2D eigenvalue weighted by Crippen LogP contribution is 2.20. The fraction of sp³-hybridized carbons (Fsp3) is 0.381. The molecule has 0 heterocycles. The van der Waals surface area contributed by atoms with Crippen LogP contribution in [0.2, 0.25) is 0 Å². The number of carbonyl (C=O) groups is 1. The summed E-state index contributed by atoms with van der Waals surface area (Å²) in [6.07, 6.45) is 0.990. The van der Waals surface area contributed by atoms with Crippen molar-refractivity contribution in [2.45, 2.75) is 52.7 Å². The molecule has 0 aliphatic carbocycles. The Morgan fingerprint density at radius 3 is 2.29 bits per heavy atom. The SMILES string of the molecule is CCC(Oc1ccc(C)c(C)c1)C(=O)NC(CC)c1ccccc1. The number of carbonyl (C=O) groups excluding carboxylic acids is 1. The Bertz CT molecular complexity index is 667. The number of aryl methyl sites for hydroxylation is 2. The van der Waals surface area contributed by atoms with Crippen molar-refractivity contribution in [2.75, 3.05) is 0 Å². The van der Waals surface area contributed by atoms with E-state index >= 15 is 0 Å². The minimum absolute atomic E-state index is 0.0103. The van der Waals surface area contributed by atoms with Crippen LogP contribution in [0.25, 0.3) is 0 Å². The molecule has 0 aromatic heterocycles. The highest BCUT2D eigenvalue weighted by atomic mass is 16.5. The van der Waals surface area contributed by atoms with E-state index in [9.17, 15) is 4.79 Å². The maximum absolute atomic E-state index is 12.6. The van der Waals surface area contributed by atoms with Gasteiger partial charge in [-0.05, 0) is 55.5 Å². The standard InChI is InChI=1S/C21H27NO2/c1-5-19(17-10-8-7-9-11-17)22-21(23)20(6-2)24-18-13-12-15(3)16(4)14-18/h7-14,19-20H,5-6H2,1-4H3,(H,22,23). The fourth-order valence-corrected chi connectivity index (χ4v) is 2.64. The third-order valence-electron chi connectivity index (χ3n) is 4.35. The largest absolute Gasteiger partial charge is 0.481 e. The monoisotopic (exact) mass is 325 g/mol. The van der Waals surface area contributed by atoms with Gasteiger partial charge in [0.15, 0.2) is 6.10 Å². The Hall–Kier alpha value is -2.29. The van der Waals surface area contributed by atoms with E-state index in [1.807, 2.05) is 62.4 Å². The van der Waals surface area contributed by atoms with Crippen LogP contribution < -0.4 is 10.1 Å². The van der Waals surface area contributed by atoms with Gasteiger partial charge >= 0.3 is 0 Å². The highest BCUT2D eigenvalue weighted by Gasteiger charge is 2.22. The quantitative estimate of drug-likeness (QED) is 0.799. The molecule has 128 valence electrons. The van der Waals surface area contributed by atoms with Crippen LogP contribution in [0.15, 0.2) is 48.5 Å². The molecule has 0 fully saturated rings. The molecular weight excluding hydrogens is 298 g/mol. The molecular formula is C21H27NO2. The second-order valence-electron chi connectivity index (χ2n) is 6.14. The number of benzene rings is 2. The van der Waals surface area contributed by atoms with Crippen molar-refractivity contribution in [3.63, 3.8) is 0 Å². The molecule has 24 heavy (non-hydrogen) atoms. The number of rotatable bonds is 7. The summed E-state index contributed by atoms with van der Waals surface area (Å²) in [6, 6.07) is 16.0. The molecule has 0 spiro atoms. The molecule has 2 atom stereocenters. The molecule has 0 radical (unpaired) electrons. The number of amides is 1. The molecule has 1 amide bonds. The maximum atomic E-state index is 12.6. The molecule has 2 aromatic carbocycles. The van der Waals surface area contributed by atoms with Crippen molar-refractivity contribution in [1.82, 2.24) is 5.32 Å². The number of hydrogen-bond donors (Lipinski definition) is 1. The third kappa shape index (κ3) is 4.60. The average molecular weight is 325 g/mol. The van der Waals surface area contributed by atoms with E-state index in [0.717, 1.165) is 17.7 Å². The maximum Gasteiger partial charge on any atom is 0.261 e. The molecule has 0 aliphatic rings. The van der Waals surface area contributed by atoms with Crippen LogP contribution in [0.5, 0.6) is 5.75 Å². The molecule has 2 rings (SSSR count). The van der Waals surface area contributed by atoms with Crippen LogP contribution in [-0.2, 0) is 4.79 Å². The highest BCUT2D eigenvalue weighted by molar-refractivity contribution is 5.81. The van der Waals surface area contributed by atoms with E-state index in [2.05, 4.69) is 19.2 Å². The van der Waals surface area contributed by atoms with Gasteiger partial charge < -0.3 is 10.1 Å². The van der Waals surface area contributed by atoms with Crippen LogP contribution in [0, 0.1) is 13.8 Å². The predicted octanol–water partition coefficient (Wildman–Crippen LogP) is 4.73. The zero-order chi connectivity index (χ0) is 17.5. The molecule has 0 saturated carbocycles. The topological polar surface area (TPSA) is 38.3 Å². The van der Waals surface area contributed by atoms with E-state index < -0.39 is 6.10 Å². The molecule has 3 nitrogen and oxygen atoms in total. The lowest BCUT2D eigenvalue weighted by Crippen LogP contribution is -2.39. The predicted molar refractivity (Wildman–Crippen MR) is 98.2 cm³/mol. The zero-order valence-corrected chi connectivity index (χ0v) is 15.0. The first-order chi connectivity index (χ1) is 11.5. The van der Waals surface area contributed by atoms with E-state index in [1.165, 1.54) is 11.1 Å². The smallest absolute Gasteiger partial charge is 0.261 e. The minimum atomic E-state index is -0.482. The van der Waals surface area contributed by atoms with Crippen molar-refractivity contribution in [3.8, 4) is 5.75 Å². The first kappa shape index (κ1) is 18.1. The summed E-state index contributed by atoms with van der Waals surface area (Å²) in [7, 11) is 0. The first-order valence-corrected chi connectivity index (χ1v) is 8.64. The van der Waals surface area contributed by atoms with Gasteiger partial charge in [0.05, 0.1) is 6.04 Å². The lowest BCUT2D eigenvalue weighted by Gasteiger charge is -2.22. The van der Waals surface area contributed by atoms with Crippen molar-refractivity contribution in [2.24, 2.45) is 0 Å². The molecule has 1 N–H and O–H groups in total. The third-order valence-corrected chi connectivity index (χ3v) is 4.35. The van der Waals surface area contributed by atoms with Crippen molar-refractivity contribution < 1.29 is 9.53 Å². The van der Waals surface area contributed by atoms with Gasteiger partial charge in [-0.3, -0.25) is 4.79 Å². The summed E-state index contributed by atoms with van der Waals surface area (Å²) in [5.41, 5.74) is 3.50. The van der Waals surface area contributed by atoms with Gasteiger partial charge in [-0.25, -0.2) is 0 Å². The van der Waals surface area contributed by atoms with Crippen LogP contribution in [0.4, 0.5) is 0 Å². The minimum Gasteiger partial charge on any atom is -0.481 e. The van der Waals surface area contributed by atoms with Crippen molar-refractivity contribution in [3.05, 3.63) is 65.2 Å². The van der Waals surface area contributed by atoms with Crippen LogP contribution in [-0.4, -0.2) is 12.0 Å². The van der Waals surface area contributed by atoms with Crippen molar-refractivity contribution in [1.29, 1.82) is 0 Å². The summed E-state index contributed by atoms with van der Waals surface area (Å²) in [4.78, 5) is 12.6. The summed E-state index contributed by atoms with van der Waals surface area (Å²) >= 11 is 0. The first-order valence-electron chi connectivity index (χ1n) is 8.64. The number of ether oxygens (including phenoxy) is 1. The normalized spacial score (nSPS) is 13.2. The van der Waals surface area contributed by atoms with Gasteiger partial charge in [-0.1, -0.05) is 50.2 Å². The summed E-state index contributed by atoms with van der Waals surface area (Å²) in [5, 5.41) is 3.12. The Balaban J connectivity index is 2.06. The molecule has 0 bridgehead atoms. The van der Waals surface area contributed by atoms with E-state index in [-0.39, 0.29) is 11.9 Å². The van der Waals surface area contributed by atoms with Gasteiger partial charge in [-0.15, -0.1) is 0 Å². The number of hydrogen-bond acceptors (Lipinski definition) is 2. The summed E-state index contributed by atoms with van der Waals surface area (Å²) < 4.78 is 5.93. The number of nitrogens with one attached hydrogen (secondary N) is 1. The molecule has 2 unspecified atom stereocenters. The van der Waals surface area contributed by atoms with Crippen LogP contribution in [0.1, 0.15) is 49.4 Å². The van der Waals surface area contributed by atoms with E-state index in [4.69, 9.17) is 4.74 Å². The Labute approximate surface area is 145 Å². The van der Waals surface area contributed by atoms with Crippen LogP contribution >= 0.6 is 0 Å². The Kier molecular flexibility index (Phi) is 6.42. The zero-order valence-electron chi connectivity index (χ0n) is 15.0. The summed E-state index contributed by atoms with van der Waals surface area (Å²) in [5.74, 6) is 0.680. The summed E-state index contributed by atoms with van der Waals surface area (Å²) in [6.45, 7) is 8.15. The van der Waals surface area contributed by atoms with Crippen LogP contribution in [0.3, 0.4) is 0 Å². The second kappa shape index (κ2) is 8.53. The van der Waals surface area contributed by atoms with E-state index in [1.54, 1.807) is 0 Å². The molecule has 0 aliphatic heterocycles. The lowest BCUT2D eigenvalue weighted by molar-refractivity contribution is -0.128. The van der Waals surface area contributed by atoms with Gasteiger partial charge in [0, 0.05) is 0 Å². The lowest BCUT2D eigenvalue weighted by atomic mass is 10.0. The van der Waals surface area contributed by atoms with Crippen molar-refractivity contribution >= 4 is 5.91 Å². The van der Waals surface area contributed by atoms with Gasteiger partial charge in [-0.2, -0.15) is 0 Å². The molecule has 0 saturated heterocycles. The Morgan fingerprint density at radius 2 is 1.71 bits per heavy atom. The van der Waals surface area contributed by atoms with Gasteiger partial charge in [0.1, 0.15) is 5.75 Å². The second-order valence-corrected chi connectivity index (χ2v) is 6.14. The van der Waals surface area contributed by atoms with E-state index in [0.29, 0.717) is 6.42 Å². The van der Waals surface area contributed by atoms with Gasteiger partial charge in [0.25, 0.3) is 5.91 Å². The average Bonchev–Trinajstić information content (AvgIpc) is 2.61. The Morgan fingerprint density at radius 1 is 1.00 bits per heavy atom. The fourth-order valence-electron chi connectivity index (χ4n) is 2.64. The van der Waals surface area contributed by atoms with Gasteiger partial charge in [0.2, 0.25) is 0 Å². The molecule has 2 aromatic rings. The molecule has 3 heteroatoms.